The van der Waals surface area contributed by atoms with E-state index in [1.165, 1.54) is 19.0 Å². The van der Waals surface area contributed by atoms with Crippen molar-refractivity contribution in [2.75, 3.05) is 30.7 Å². The third-order valence-electron chi connectivity index (χ3n) is 3.58. The largest absolute Gasteiger partial charge is 0.397 e. The standard InChI is InChI=1S/C14H21BrFN3/c1-2-5-19-6-3-10(4-7-19)18-14-8-11(15)12(16)9-13(14)17/h8-10,18H,2-7,17H2,1H3. The summed E-state index contributed by atoms with van der Waals surface area (Å²) in [7, 11) is 0. The Morgan fingerprint density at radius 3 is 2.74 bits per heavy atom. The minimum absolute atomic E-state index is 0.319. The van der Waals surface area contributed by atoms with Crippen molar-refractivity contribution >= 4 is 27.3 Å². The molecule has 2 rings (SSSR count). The van der Waals surface area contributed by atoms with Crippen LogP contribution in [0.1, 0.15) is 26.2 Å². The SMILES string of the molecule is CCCN1CCC(Nc2cc(Br)c(F)cc2N)CC1. The van der Waals surface area contributed by atoms with E-state index in [9.17, 15) is 4.39 Å². The summed E-state index contributed by atoms with van der Waals surface area (Å²) in [6.07, 6.45) is 3.42. The monoisotopic (exact) mass is 329 g/mol. The Morgan fingerprint density at radius 2 is 2.11 bits per heavy atom. The molecule has 1 aromatic carbocycles. The maximum atomic E-state index is 13.3. The van der Waals surface area contributed by atoms with Crippen molar-refractivity contribution in [1.82, 2.24) is 4.90 Å². The number of hydrogen-bond acceptors (Lipinski definition) is 3. The molecule has 1 aliphatic rings. The first kappa shape index (κ1) is 14.6. The lowest BCUT2D eigenvalue weighted by Crippen LogP contribution is -2.39. The average molecular weight is 330 g/mol. The lowest BCUT2D eigenvalue weighted by Gasteiger charge is -2.32. The van der Waals surface area contributed by atoms with E-state index in [2.05, 4.69) is 33.1 Å². The van der Waals surface area contributed by atoms with Crippen LogP contribution < -0.4 is 11.1 Å². The van der Waals surface area contributed by atoms with Crippen LogP contribution in [-0.2, 0) is 0 Å². The molecule has 1 saturated heterocycles. The summed E-state index contributed by atoms with van der Waals surface area (Å²) in [5.74, 6) is -0.319. The van der Waals surface area contributed by atoms with Crippen molar-refractivity contribution in [2.45, 2.75) is 32.2 Å². The van der Waals surface area contributed by atoms with Crippen LogP contribution in [0.3, 0.4) is 0 Å². The molecule has 0 aromatic heterocycles. The molecule has 0 atom stereocenters. The van der Waals surface area contributed by atoms with Gasteiger partial charge in [-0.3, -0.25) is 0 Å². The van der Waals surface area contributed by atoms with Crippen molar-refractivity contribution in [1.29, 1.82) is 0 Å². The van der Waals surface area contributed by atoms with E-state index < -0.39 is 0 Å². The predicted octanol–water partition coefficient (Wildman–Crippen LogP) is 3.46. The molecule has 3 nitrogen and oxygen atoms in total. The van der Waals surface area contributed by atoms with Gasteiger partial charge in [0.05, 0.1) is 15.8 Å². The number of nitrogen functional groups attached to an aromatic ring is 1. The zero-order valence-corrected chi connectivity index (χ0v) is 12.8. The highest BCUT2D eigenvalue weighted by Gasteiger charge is 2.19. The summed E-state index contributed by atoms with van der Waals surface area (Å²) in [4.78, 5) is 2.49. The van der Waals surface area contributed by atoms with E-state index in [-0.39, 0.29) is 5.82 Å². The molecular formula is C14H21BrFN3. The second-order valence-corrected chi connectivity index (χ2v) is 5.97. The summed E-state index contributed by atoms with van der Waals surface area (Å²) in [5, 5.41) is 3.43. The number of hydrogen-bond donors (Lipinski definition) is 2. The Labute approximate surface area is 122 Å². The highest BCUT2D eigenvalue weighted by Crippen LogP contribution is 2.28. The fraction of sp³-hybridized carbons (Fsp3) is 0.571. The first-order chi connectivity index (χ1) is 9.10. The van der Waals surface area contributed by atoms with E-state index in [0.29, 0.717) is 16.2 Å². The molecule has 3 N–H and O–H groups in total. The molecule has 0 aliphatic carbocycles. The maximum absolute atomic E-state index is 13.3. The first-order valence-electron chi connectivity index (χ1n) is 6.83. The minimum atomic E-state index is -0.319. The minimum Gasteiger partial charge on any atom is -0.397 e. The van der Waals surface area contributed by atoms with Crippen molar-refractivity contribution in [2.24, 2.45) is 0 Å². The van der Waals surface area contributed by atoms with Gasteiger partial charge < -0.3 is 16.0 Å². The van der Waals surface area contributed by atoms with Crippen LogP contribution in [0.4, 0.5) is 15.8 Å². The van der Waals surface area contributed by atoms with Crippen molar-refractivity contribution in [3.05, 3.63) is 22.4 Å². The molecule has 1 fully saturated rings. The van der Waals surface area contributed by atoms with Gasteiger partial charge in [0.15, 0.2) is 0 Å². The molecule has 1 aliphatic heterocycles. The Morgan fingerprint density at radius 1 is 1.42 bits per heavy atom. The molecule has 106 valence electrons. The second kappa shape index (κ2) is 6.57. The number of nitrogens with one attached hydrogen (secondary N) is 1. The zero-order chi connectivity index (χ0) is 13.8. The van der Waals surface area contributed by atoms with E-state index in [1.54, 1.807) is 6.07 Å². The summed E-state index contributed by atoms with van der Waals surface area (Å²) in [6, 6.07) is 3.51. The number of rotatable bonds is 4. The Bertz CT molecular complexity index is 431. The molecule has 19 heavy (non-hydrogen) atoms. The van der Waals surface area contributed by atoms with E-state index >= 15 is 0 Å². The Balaban J connectivity index is 1.94. The molecular weight excluding hydrogens is 309 g/mol. The Hall–Kier alpha value is -0.810. The summed E-state index contributed by atoms with van der Waals surface area (Å²) in [6.45, 7) is 5.62. The fourth-order valence-corrected chi connectivity index (χ4v) is 2.87. The normalized spacial score (nSPS) is 17.6. The van der Waals surface area contributed by atoms with Gasteiger partial charge in [0.2, 0.25) is 0 Å². The number of halogens is 2. The number of likely N-dealkylation sites (tertiary alicyclic amines) is 1. The molecule has 1 heterocycles. The van der Waals surface area contributed by atoms with Gasteiger partial charge in [0.1, 0.15) is 5.82 Å². The molecule has 0 spiro atoms. The van der Waals surface area contributed by atoms with Gasteiger partial charge in [-0.05, 0) is 47.8 Å². The van der Waals surface area contributed by atoms with E-state index in [0.717, 1.165) is 31.6 Å². The van der Waals surface area contributed by atoms with Gasteiger partial charge >= 0.3 is 0 Å². The molecule has 1 aromatic rings. The van der Waals surface area contributed by atoms with Crippen LogP contribution in [0.2, 0.25) is 0 Å². The second-order valence-electron chi connectivity index (χ2n) is 5.11. The number of nitrogens with two attached hydrogens (primary N) is 1. The smallest absolute Gasteiger partial charge is 0.139 e. The molecule has 5 heteroatoms. The predicted molar refractivity (Wildman–Crippen MR) is 81.9 cm³/mol. The van der Waals surface area contributed by atoms with Gasteiger partial charge in [0, 0.05) is 25.2 Å². The van der Waals surface area contributed by atoms with Crippen molar-refractivity contribution < 1.29 is 4.39 Å². The quantitative estimate of drug-likeness (QED) is 0.831. The number of nitrogens with zero attached hydrogens (tertiary/aromatic N) is 1. The van der Waals surface area contributed by atoms with Gasteiger partial charge in [-0.15, -0.1) is 0 Å². The van der Waals surface area contributed by atoms with Crippen LogP contribution in [0.15, 0.2) is 16.6 Å². The van der Waals surface area contributed by atoms with Crippen LogP contribution in [0.25, 0.3) is 0 Å². The molecule has 0 bridgehead atoms. The highest BCUT2D eigenvalue weighted by atomic mass is 79.9. The first-order valence-corrected chi connectivity index (χ1v) is 7.63. The van der Waals surface area contributed by atoms with Crippen LogP contribution in [0, 0.1) is 5.82 Å². The molecule has 0 radical (unpaired) electrons. The zero-order valence-electron chi connectivity index (χ0n) is 11.3. The molecule has 0 saturated carbocycles. The third kappa shape index (κ3) is 3.83. The van der Waals surface area contributed by atoms with Gasteiger partial charge in [-0.25, -0.2) is 4.39 Å². The third-order valence-corrected chi connectivity index (χ3v) is 4.19. The van der Waals surface area contributed by atoms with Gasteiger partial charge in [-0.1, -0.05) is 6.92 Å². The van der Waals surface area contributed by atoms with Gasteiger partial charge in [0.25, 0.3) is 0 Å². The topological polar surface area (TPSA) is 41.3 Å². The van der Waals surface area contributed by atoms with Crippen LogP contribution in [-0.4, -0.2) is 30.6 Å². The summed E-state index contributed by atoms with van der Waals surface area (Å²) >= 11 is 3.20. The lowest BCUT2D eigenvalue weighted by molar-refractivity contribution is 0.219. The average Bonchev–Trinajstić information content (AvgIpc) is 2.38. The van der Waals surface area contributed by atoms with Crippen LogP contribution >= 0.6 is 15.9 Å². The number of benzene rings is 1. The molecule has 0 amide bonds. The van der Waals surface area contributed by atoms with Crippen LogP contribution in [0.5, 0.6) is 0 Å². The van der Waals surface area contributed by atoms with Crippen molar-refractivity contribution in [3.63, 3.8) is 0 Å². The molecule has 0 unspecified atom stereocenters. The van der Waals surface area contributed by atoms with E-state index in [1.807, 2.05) is 0 Å². The van der Waals surface area contributed by atoms with Crippen molar-refractivity contribution in [3.8, 4) is 0 Å². The maximum Gasteiger partial charge on any atom is 0.139 e. The highest BCUT2D eigenvalue weighted by molar-refractivity contribution is 9.10. The number of piperidine rings is 1. The number of anilines is 2. The Kier molecular flexibility index (Phi) is 5.05. The van der Waals surface area contributed by atoms with E-state index in [4.69, 9.17) is 5.73 Å². The fourth-order valence-electron chi connectivity index (χ4n) is 2.52. The summed E-state index contributed by atoms with van der Waals surface area (Å²) < 4.78 is 13.8. The summed E-state index contributed by atoms with van der Waals surface area (Å²) in [5.41, 5.74) is 7.14. The van der Waals surface area contributed by atoms with Gasteiger partial charge in [-0.2, -0.15) is 0 Å². The lowest BCUT2D eigenvalue weighted by atomic mass is 10.0.